The van der Waals surface area contributed by atoms with Gasteiger partial charge >= 0.3 is 0 Å². The zero-order valence-corrected chi connectivity index (χ0v) is 13.5. The Morgan fingerprint density at radius 2 is 1.67 bits per heavy atom. The van der Waals surface area contributed by atoms with Crippen LogP contribution in [0.2, 0.25) is 5.02 Å². The number of aryl methyl sites for hydroxylation is 2. The predicted octanol–water partition coefficient (Wildman–Crippen LogP) is 5.34. The maximum atomic E-state index is 13.6. The van der Waals surface area contributed by atoms with Gasteiger partial charge in [0.25, 0.3) is 0 Å². The summed E-state index contributed by atoms with van der Waals surface area (Å²) in [6.07, 6.45) is 0.987. The van der Waals surface area contributed by atoms with Gasteiger partial charge in [-0.15, -0.1) is 0 Å². The lowest BCUT2D eigenvalue weighted by Crippen LogP contribution is -2.20. The summed E-state index contributed by atoms with van der Waals surface area (Å²) in [5.74, 6) is -0.108. The molecule has 1 atom stereocenters. The lowest BCUT2D eigenvalue weighted by Gasteiger charge is -2.18. The molecule has 21 heavy (non-hydrogen) atoms. The van der Waals surface area contributed by atoms with Gasteiger partial charge in [0.1, 0.15) is 5.82 Å². The van der Waals surface area contributed by atoms with Crippen LogP contribution in [0.5, 0.6) is 0 Å². The highest BCUT2D eigenvalue weighted by Gasteiger charge is 2.10. The second-order valence-corrected chi connectivity index (χ2v) is 5.87. The van der Waals surface area contributed by atoms with Crippen molar-refractivity contribution in [1.82, 2.24) is 5.32 Å². The van der Waals surface area contributed by atoms with Crippen LogP contribution in [0.1, 0.15) is 41.6 Å². The van der Waals surface area contributed by atoms with Crippen LogP contribution >= 0.6 is 11.6 Å². The number of hydrogen-bond donors (Lipinski definition) is 1. The normalized spacial score (nSPS) is 12.4. The number of nitrogens with one attached hydrogen (secondary N) is 1. The topological polar surface area (TPSA) is 12.0 Å². The third kappa shape index (κ3) is 4.05. The first-order chi connectivity index (χ1) is 10.0. The molecule has 2 rings (SSSR count). The minimum absolute atomic E-state index is 0.108. The molecule has 1 nitrogen and oxygen atoms in total. The average Bonchev–Trinajstić information content (AvgIpc) is 2.47. The summed E-state index contributed by atoms with van der Waals surface area (Å²) in [7, 11) is 0. The molecule has 1 N–H and O–H groups in total. The number of benzene rings is 2. The quantitative estimate of drug-likeness (QED) is 0.786. The molecule has 0 aromatic heterocycles. The summed E-state index contributed by atoms with van der Waals surface area (Å²) in [6.45, 7) is 6.49. The first-order valence-corrected chi connectivity index (χ1v) is 7.63. The van der Waals surface area contributed by atoms with Gasteiger partial charge in [-0.25, -0.2) is 4.39 Å². The molecule has 1 unspecified atom stereocenters. The van der Waals surface area contributed by atoms with Crippen molar-refractivity contribution in [2.45, 2.75) is 39.8 Å². The summed E-state index contributed by atoms with van der Waals surface area (Å²) in [6, 6.07) is 12.0. The molecule has 3 heteroatoms. The average molecular weight is 306 g/mol. The number of rotatable bonds is 5. The van der Waals surface area contributed by atoms with E-state index in [4.69, 9.17) is 11.6 Å². The lowest BCUT2D eigenvalue weighted by atomic mass is 10.0. The van der Waals surface area contributed by atoms with E-state index in [0.717, 1.165) is 23.6 Å². The fourth-order valence-corrected chi connectivity index (χ4v) is 2.70. The summed E-state index contributed by atoms with van der Waals surface area (Å²) < 4.78 is 13.6. The Morgan fingerprint density at radius 3 is 2.19 bits per heavy atom. The molecule has 0 amide bonds. The van der Waals surface area contributed by atoms with E-state index in [9.17, 15) is 4.39 Å². The Labute approximate surface area is 131 Å². The van der Waals surface area contributed by atoms with Gasteiger partial charge in [0, 0.05) is 17.6 Å². The molecule has 0 radical (unpaired) electrons. The van der Waals surface area contributed by atoms with Crippen LogP contribution in [0.15, 0.2) is 36.4 Å². The molecule has 0 fully saturated rings. The Morgan fingerprint density at radius 1 is 1.10 bits per heavy atom. The number of hydrogen-bond acceptors (Lipinski definition) is 1. The highest BCUT2D eigenvalue weighted by atomic mass is 35.5. The predicted molar refractivity (Wildman–Crippen MR) is 87.2 cm³/mol. The van der Waals surface area contributed by atoms with Crippen LogP contribution < -0.4 is 5.32 Å². The molecule has 2 aromatic carbocycles. The van der Waals surface area contributed by atoms with Gasteiger partial charge in [-0.05, 0) is 54.7 Å². The molecule has 112 valence electrons. The third-order valence-corrected chi connectivity index (χ3v) is 3.98. The van der Waals surface area contributed by atoms with Crippen molar-refractivity contribution < 1.29 is 4.39 Å². The Kier molecular flexibility index (Phi) is 5.38. The number of halogens is 2. The van der Waals surface area contributed by atoms with Crippen LogP contribution in [0.4, 0.5) is 4.39 Å². The van der Waals surface area contributed by atoms with Gasteiger partial charge in [-0.3, -0.25) is 0 Å². The van der Waals surface area contributed by atoms with E-state index in [0.29, 0.717) is 11.1 Å². The summed E-state index contributed by atoms with van der Waals surface area (Å²) >= 11 is 5.93. The van der Waals surface area contributed by atoms with E-state index in [-0.39, 0.29) is 11.9 Å². The van der Waals surface area contributed by atoms with Crippen molar-refractivity contribution in [1.29, 1.82) is 0 Å². The summed E-state index contributed by atoms with van der Waals surface area (Å²) in [4.78, 5) is 0. The van der Waals surface area contributed by atoms with Crippen molar-refractivity contribution >= 4 is 11.6 Å². The fourth-order valence-electron chi connectivity index (χ4n) is 2.57. The fraction of sp³-hybridized carbons (Fsp3) is 0.333. The van der Waals surface area contributed by atoms with Gasteiger partial charge in [-0.2, -0.15) is 0 Å². The highest BCUT2D eigenvalue weighted by Crippen LogP contribution is 2.20. The Balaban J connectivity index is 2.08. The Bertz CT molecular complexity index is 584. The van der Waals surface area contributed by atoms with Gasteiger partial charge in [-0.1, -0.05) is 42.8 Å². The molecule has 0 bridgehead atoms. The SMILES string of the molecule is CCC(NCc1cc(C)c(F)c(C)c1)c1ccc(Cl)cc1. The molecular formula is C18H21ClFN. The van der Waals surface area contributed by atoms with Crippen LogP contribution in [-0.2, 0) is 6.54 Å². The minimum atomic E-state index is -0.108. The van der Waals surface area contributed by atoms with E-state index >= 15 is 0 Å². The molecule has 0 aliphatic heterocycles. The minimum Gasteiger partial charge on any atom is -0.306 e. The van der Waals surface area contributed by atoms with E-state index in [1.54, 1.807) is 0 Å². The summed E-state index contributed by atoms with van der Waals surface area (Å²) in [5.41, 5.74) is 3.73. The highest BCUT2D eigenvalue weighted by molar-refractivity contribution is 6.30. The van der Waals surface area contributed by atoms with Crippen LogP contribution in [0.25, 0.3) is 0 Å². The van der Waals surface area contributed by atoms with E-state index in [1.165, 1.54) is 5.56 Å². The van der Waals surface area contributed by atoms with Crippen molar-refractivity contribution in [3.8, 4) is 0 Å². The van der Waals surface area contributed by atoms with Crippen molar-refractivity contribution in [2.24, 2.45) is 0 Å². The molecule has 0 heterocycles. The molecular weight excluding hydrogens is 285 g/mol. The van der Waals surface area contributed by atoms with E-state index in [1.807, 2.05) is 50.2 Å². The monoisotopic (exact) mass is 305 g/mol. The van der Waals surface area contributed by atoms with Gasteiger partial charge in [0.05, 0.1) is 0 Å². The zero-order valence-electron chi connectivity index (χ0n) is 12.7. The molecule has 0 aliphatic rings. The van der Waals surface area contributed by atoms with Gasteiger partial charge in [0.15, 0.2) is 0 Å². The van der Waals surface area contributed by atoms with Crippen molar-refractivity contribution in [2.75, 3.05) is 0 Å². The molecule has 2 aromatic rings. The molecule has 0 spiro atoms. The smallest absolute Gasteiger partial charge is 0.129 e. The first kappa shape index (κ1) is 16.0. The van der Waals surface area contributed by atoms with E-state index in [2.05, 4.69) is 12.2 Å². The van der Waals surface area contributed by atoms with Crippen LogP contribution in [0.3, 0.4) is 0 Å². The van der Waals surface area contributed by atoms with Crippen LogP contribution in [-0.4, -0.2) is 0 Å². The molecule has 0 saturated carbocycles. The first-order valence-electron chi connectivity index (χ1n) is 7.25. The summed E-state index contributed by atoms with van der Waals surface area (Å²) in [5, 5.41) is 4.28. The molecule has 0 aliphatic carbocycles. The maximum Gasteiger partial charge on any atom is 0.129 e. The molecule has 0 saturated heterocycles. The second-order valence-electron chi connectivity index (χ2n) is 5.44. The second kappa shape index (κ2) is 7.06. The van der Waals surface area contributed by atoms with Crippen molar-refractivity contribution in [3.05, 3.63) is 69.5 Å². The standard InChI is InChI=1S/C18H21ClFN/c1-4-17(15-5-7-16(19)8-6-15)21-11-14-9-12(2)18(20)13(3)10-14/h5-10,17,21H,4,11H2,1-3H3. The lowest BCUT2D eigenvalue weighted by molar-refractivity contribution is 0.518. The van der Waals surface area contributed by atoms with Crippen molar-refractivity contribution in [3.63, 3.8) is 0 Å². The van der Waals surface area contributed by atoms with Crippen LogP contribution in [0, 0.1) is 19.7 Å². The maximum absolute atomic E-state index is 13.6. The Hall–Kier alpha value is -1.38. The third-order valence-electron chi connectivity index (χ3n) is 3.73. The zero-order chi connectivity index (χ0) is 15.4. The van der Waals surface area contributed by atoms with Gasteiger partial charge < -0.3 is 5.32 Å². The largest absolute Gasteiger partial charge is 0.306 e. The van der Waals surface area contributed by atoms with E-state index < -0.39 is 0 Å². The van der Waals surface area contributed by atoms with Gasteiger partial charge in [0.2, 0.25) is 0 Å².